The van der Waals surface area contributed by atoms with Crippen LogP contribution in [-0.2, 0) is 11.0 Å². The average Bonchev–Trinajstić information content (AvgIpc) is 2.45. The van der Waals surface area contributed by atoms with Crippen molar-refractivity contribution in [2.24, 2.45) is 0 Å². The van der Waals surface area contributed by atoms with Crippen molar-refractivity contribution in [1.29, 1.82) is 0 Å². The molecule has 2 aromatic carbocycles. The molecule has 6 heteroatoms. The van der Waals surface area contributed by atoms with Crippen LogP contribution in [0.5, 0.6) is 5.75 Å². The molecule has 0 aliphatic heterocycles. The normalized spacial score (nSPS) is 11.1. The number of nitrogens with one attached hydrogen (secondary N) is 1. The fourth-order valence-corrected chi connectivity index (χ4v) is 1.83. The quantitative estimate of drug-likeness (QED) is 0.926. The molecular weight excluding hydrogens is 295 g/mol. The predicted molar refractivity (Wildman–Crippen MR) is 76.7 cm³/mol. The summed E-state index contributed by atoms with van der Waals surface area (Å²) in [6.45, 7) is 1.52. The van der Waals surface area contributed by atoms with Crippen LogP contribution in [0.15, 0.2) is 48.5 Å². The van der Waals surface area contributed by atoms with E-state index in [4.69, 9.17) is 4.74 Å². The third kappa shape index (κ3) is 4.51. The maximum atomic E-state index is 12.6. The fourth-order valence-electron chi connectivity index (χ4n) is 1.83. The van der Waals surface area contributed by atoms with E-state index in [0.29, 0.717) is 5.69 Å². The van der Waals surface area contributed by atoms with Gasteiger partial charge in [0.15, 0.2) is 6.61 Å². The predicted octanol–water partition coefficient (Wildman–Crippen LogP) is 4.03. The maximum absolute atomic E-state index is 12.6. The Hall–Kier alpha value is -2.50. The van der Waals surface area contributed by atoms with Crippen molar-refractivity contribution >= 4 is 11.6 Å². The van der Waals surface area contributed by atoms with Crippen LogP contribution in [0.25, 0.3) is 0 Å². The number of hydrogen-bond acceptors (Lipinski definition) is 2. The maximum Gasteiger partial charge on any atom is 0.416 e. The Morgan fingerprint density at radius 3 is 2.55 bits per heavy atom. The summed E-state index contributed by atoms with van der Waals surface area (Å²) in [5, 5.41) is 2.61. The largest absolute Gasteiger partial charge is 0.484 e. The number of amides is 1. The lowest BCUT2D eigenvalue weighted by Crippen LogP contribution is -2.20. The van der Waals surface area contributed by atoms with E-state index in [1.54, 1.807) is 18.2 Å². The zero-order valence-corrected chi connectivity index (χ0v) is 11.8. The first-order chi connectivity index (χ1) is 10.3. The van der Waals surface area contributed by atoms with Crippen LogP contribution in [0, 0.1) is 6.92 Å². The van der Waals surface area contributed by atoms with E-state index in [2.05, 4.69) is 5.32 Å². The van der Waals surface area contributed by atoms with Crippen molar-refractivity contribution in [3.8, 4) is 5.75 Å². The van der Waals surface area contributed by atoms with Crippen LogP contribution in [-0.4, -0.2) is 12.5 Å². The molecule has 0 saturated carbocycles. The number of halogens is 3. The lowest BCUT2D eigenvalue weighted by atomic mass is 10.2. The highest BCUT2D eigenvalue weighted by molar-refractivity contribution is 5.91. The van der Waals surface area contributed by atoms with E-state index in [-0.39, 0.29) is 12.4 Å². The van der Waals surface area contributed by atoms with Gasteiger partial charge in [0, 0.05) is 5.69 Å². The van der Waals surface area contributed by atoms with Gasteiger partial charge in [-0.3, -0.25) is 4.79 Å². The van der Waals surface area contributed by atoms with E-state index in [9.17, 15) is 18.0 Å². The van der Waals surface area contributed by atoms with Crippen molar-refractivity contribution in [2.75, 3.05) is 11.9 Å². The van der Waals surface area contributed by atoms with Crippen LogP contribution >= 0.6 is 0 Å². The third-order valence-electron chi connectivity index (χ3n) is 2.83. The van der Waals surface area contributed by atoms with E-state index in [0.717, 1.165) is 17.7 Å². The topological polar surface area (TPSA) is 38.3 Å². The van der Waals surface area contributed by atoms with Gasteiger partial charge < -0.3 is 10.1 Å². The number of carbonyl (C=O) groups excluding carboxylic acids is 1. The van der Waals surface area contributed by atoms with Gasteiger partial charge in [0.2, 0.25) is 0 Å². The Labute approximate surface area is 125 Å². The second-order valence-corrected chi connectivity index (χ2v) is 4.73. The van der Waals surface area contributed by atoms with E-state index in [1.165, 1.54) is 12.1 Å². The monoisotopic (exact) mass is 309 g/mol. The first-order valence-corrected chi connectivity index (χ1v) is 6.51. The third-order valence-corrected chi connectivity index (χ3v) is 2.83. The summed E-state index contributed by atoms with van der Waals surface area (Å²) in [5.41, 5.74) is 0.776. The van der Waals surface area contributed by atoms with Gasteiger partial charge in [-0.1, -0.05) is 18.2 Å². The van der Waals surface area contributed by atoms with Crippen molar-refractivity contribution in [2.45, 2.75) is 13.1 Å². The van der Waals surface area contributed by atoms with Gasteiger partial charge in [0.1, 0.15) is 5.75 Å². The van der Waals surface area contributed by atoms with Crippen LogP contribution in [0.3, 0.4) is 0 Å². The second-order valence-electron chi connectivity index (χ2n) is 4.73. The first kappa shape index (κ1) is 15.9. The van der Waals surface area contributed by atoms with Gasteiger partial charge in [-0.15, -0.1) is 0 Å². The van der Waals surface area contributed by atoms with Crippen LogP contribution in [0.2, 0.25) is 0 Å². The van der Waals surface area contributed by atoms with Gasteiger partial charge in [-0.25, -0.2) is 0 Å². The molecule has 2 rings (SSSR count). The van der Waals surface area contributed by atoms with Gasteiger partial charge in [-0.2, -0.15) is 13.2 Å². The Balaban J connectivity index is 1.94. The van der Waals surface area contributed by atoms with Gasteiger partial charge in [0.05, 0.1) is 5.56 Å². The van der Waals surface area contributed by atoms with Crippen molar-refractivity contribution in [3.63, 3.8) is 0 Å². The number of hydrogen-bond donors (Lipinski definition) is 1. The van der Waals surface area contributed by atoms with Gasteiger partial charge in [-0.05, 0) is 42.8 Å². The molecule has 1 amide bonds. The number of ether oxygens (including phenoxy) is 1. The summed E-state index contributed by atoms with van der Waals surface area (Å²) in [5.74, 6) is -0.447. The fraction of sp³-hybridized carbons (Fsp3) is 0.188. The van der Waals surface area contributed by atoms with Crippen LogP contribution in [0.1, 0.15) is 11.1 Å². The number of anilines is 1. The molecule has 0 saturated heterocycles. The minimum absolute atomic E-state index is 0.00535. The molecule has 0 radical (unpaired) electrons. The lowest BCUT2D eigenvalue weighted by molar-refractivity contribution is -0.137. The molecule has 2 aromatic rings. The van der Waals surface area contributed by atoms with Crippen molar-refractivity contribution in [1.82, 2.24) is 0 Å². The highest BCUT2D eigenvalue weighted by Crippen LogP contribution is 2.31. The molecule has 1 N–H and O–H groups in total. The van der Waals surface area contributed by atoms with E-state index in [1.807, 2.05) is 13.0 Å². The lowest BCUT2D eigenvalue weighted by Gasteiger charge is -2.10. The molecule has 0 heterocycles. The molecule has 0 aliphatic rings. The number of benzene rings is 2. The molecule has 116 valence electrons. The summed E-state index contributed by atoms with van der Waals surface area (Å²) >= 11 is 0. The minimum atomic E-state index is -4.44. The van der Waals surface area contributed by atoms with Crippen molar-refractivity contribution < 1.29 is 22.7 Å². The number of rotatable bonds is 4. The van der Waals surface area contributed by atoms with Crippen LogP contribution < -0.4 is 10.1 Å². The summed E-state index contributed by atoms with van der Waals surface area (Å²) < 4.78 is 42.8. The number of alkyl halides is 3. The SMILES string of the molecule is Cc1cccc(NC(=O)COc2cccc(C(F)(F)F)c2)c1. The molecule has 0 aromatic heterocycles. The first-order valence-electron chi connectivity index (χ1n) is 6.51. The molecule has 0 bridgehead atoms. The van der Waals surface area contributed by atoms with E-state index < -0.39 is 17.6 Å². The standard InChI is InChI=1S/C16H14F3NO2/c1-11-4-2-6-13(8-11)20-15(21)10-22-14-7-3-5-12(9-14)16(17,18)19/h2-9H,10H2,1H3,(H,20,21). The summed E-state index contributed by atoms with van der Waals surface area (Å²) in [7, 11) is 0. The van der Waals surface area contributed by atoms with E-state index >= 15 is 0 Å². The number of carbonyl (C=O) groups is 1. The highest BCUT2D eigenvalue weighted by Gasteiger charge is 2.30. The summed E-state index contributed by atoms with van der Waals surface area (Å²) in [4.78, 5) is 11.7. The Kier molecular flexibility index (Phi) is 4.70. The molecule has 0 atom stereocenters. The second kappa shape index (κ2) is 6.51. The molecule has 3 nitrogen and oxygen atoms in total. The minimum Gasteiger partial charge on any atom is -0.484 e. The smallest absolute Gasteiger partial charge is 0.416 e. The Morgan fingerprint density at radius 1 is 1.14 bits per heavy atom. The summed E-state index contributed by atoms with van der Waals surface area (Å²) in [6.07, 6.45) is -4.44. The molecule has 22 heavy (non-hydrogen) atoms. The average molecular weight is 309 g/mol. The molecule has 0 fully saturated rings. The van der Waals surface area contributed by atoms with Gasteiger partial charge in [0.25, 0.3) is 5.91 Å². The number of aryl methyl sites for hydroxylation is 1. The zero-order valence-electron chi connectivity index (χ0n) is 11.8. The molecule has 0 aliphatic carbocycles. The van der Waals surface area contributed by atoms with Crippen LogP contribution in [0.4, 0.5) is 18.9 Å². The van der Waals surface area contributed by atoms with Crippen molar-refractivity contribution in [3.05, 3.63) is 59.7 Å². The molecular formula is C16H14F3NO2. The summed E-state index contributed by atoms with van der Waals surface area (Å²) in [6, 6.07) is 11.6. The highest BCUT2D eigenvalue weighted by atomic mass is 19.4. The van der Waals surface area contributed by atoms with Gasteiger partial charge >= 0.3 is 6.18 Å². The zero-order chi connectivity index (χ0) is 16.2. The molecule has 0 unspecified atom stereocenters. The molecule has 0 spiro atoms. The Morgan fingerprint density at radius 2 is 1.86 bits per heavy atom. The Bertz CT molecular complexity index is 668.